The first-order valence-corrected chi connectivity index (χ1v) is 11.6. The van der Waals surface area contributed by atoms with Crippen LogP contribution in [0.2, 0.25) is 0 Å². The maximum absolute atomic E-state index is 12.9. The Balaban J connectivity index is 1.36. The Kier molecular flexibility index (Phi) is 4.92. The monoisotopic (exact) mass is 409 g/mol. The van der Waals surface area contributed by atoms with Gasteiger partial charge in [-0.15, -0.1) is 11.3 Å². The number of thiophene rings is 1. The number of anilines is 1. The van der Waals surface area contributed by atoms with E-state index in [0.717, 1.165) is 55.1 Å². The Labute approximate surface area is 175 Å². The zero-order valence-corrected chi connectivity index (χ0v) is 18.0. The van der Waals surface area contributed by atoms with Crippen molar-refractivity contribution in [2.45, 2.75) is 39.2 Å². The molecule has 29 heavy (non-hydrogen) atoms. The highest BCUT2D eigenvalue weighted by Crippen LogP contribution is 2.35. The maximum Gasteiger partial charge on any atom is 0.260 e. The SMILES string of the molecule is C[C@@H]1CCc2c(sc3nc([C@H](C)[NH+]4CCN(c5ccccc5)CC4)[nH]c(=O)c23)C1. The maximum atomic E-state index is 12.9. The van der Waals surface area contributed by atoms with E-state index in [2.05, 4.69) is 54.1 Å². The average Bonchev–Trinajstić information content (AvgIpc) is 3.11. The van der Waals surface area contributed by atoms with E-state index in [1.165, 1.54) is 27.4 Å². The molecule has 6 heteroatoms. The van der Waals surface area contributed by atoms with Gasteiger partial charge in [0.15, 0.2) is 5.82 Å². The zero-order valence-electron chi connectivity index (χ0n) is 17.2. The van der Waals surface area contributed by atoms with Crippen LogP contribution in [0.3, 0.4) is 0 Å². The summed E-state index contributed by atoms with van der Waals surface area (Å²) in [6, 6.07) is 10.8. The van der Waals surface area contributed by atoms with Gasteiger partial charge in [-0.1, -0.05) is 25.1 Å². The molecule has 5 rings (SSSR count). The highest BCUT2D eigenvalue weighted by molar-refractivity contribution is 7.18. The van der Waals surface area contributed by atoms with E-state index in [1.54, 1.807) is 11.3 Å². The number of piperazine rings is 1. The molecule has 0 radical (unpaired) electrons. The molecule has 3 heterocycles. The van der Waals surface area contributed by atoms with E-state index in [9.17, 15) is 4.79 Å². The van der Waals surface area contributed by atoms with Crippen LogP contribution in [-0.4, -0.2) is 36.1 Å². The van der Waals surface area contributed by atoms with Crippen LogP contribution < -0.4 is 15.4 Å². The van der Waals surface area contributed by atoms with Crippen LogP contribution in [0.5, 0.6) is 0 Å². The van der Waals surface area contributed by atoms with E-state index in [4.69, 9.17) is 4.98 Å². The minimum Gasteiger partial charge on any atom is -0.360 e. The van der Waals surface area contributed by atoms with Crippen molar-refractivity contribution in [3.63, 3.8) is 0 Å². The predicted molar refractivity (Wildman–Crippen MR) is 119 cm³/mol. The molecule has 0 saturated carbocycles. The summed E-state index contributed by atoms with van der Waals surface area (Å²) in [7, 11) is 0. The summed E-state index contributed by atoms with van der Waals surface area (Å²) >= 11 is 1.74. The number of rotatable bonds is 3. The number of aromatic amines is 1. The van der Waals surface area contributed by atoms with Crippen LogP contribution in [0.25, 0.3) is 10.2 Å². The molecule has 3 aromatic rings. The van der Waals surface area contributed by atoms with E-state index in [1.807, 2.05) is 0 Å². The van der Waals surface area contributed by atoms with Crippen molar-refractivity contribution >= 4 is 27.2 Å². The number of aryl methyl sites for hydroxylation is 1. The number of quaternary nitrogens is 1. The summed E-state index contributed by atoms with van der Waals surface area (Å²) in [5.41, 5.74) is 2.62. The van der Waals surface area contributed by atoms with Gasteiger partial charge < -0.3 is 14.8 Å². The molecule has 0 unspecified atom stereocenters. The highest BCUT2D eigenvalue weighted by atomic mass is 32.1. The number of nitrogens with zero attached hydrogens (tertiary/aromatic N) is 2. The number of fused-ring (bicyclic) bond motifs is 3. The fourth-order valence-electron chi connectivity index (χ4n) is 4.89. The smallest absolute Gasteiger partial charge is 0.260 e. The van der Waals surface area contributed by atoms with Gasteiger partial charge in [-0.05, 0) is 49.8 Å². The first kappa shape index (κ1) is 18.8. The van der Waals surface area contributed by atoms with Gasteiger partial charge in [0.2, 0.25) is 0 Å². The molecule has 0 amide bonds. The molecule has 1 aromatic carbocycles. The topological polar surface area (TPSA) is 53.4 Å². The van der Waals surface area contributed by atoms with Gasteiger partial charge in [0.05, 0.1) is 31.6 Å². The lowest BCUT2D eigenvalue weighted by Gasteiger charge is -2.36. The van der Waals surface area contributed by atoms with Crippen LogP contribution >= 0.6 is 11.3 Å². The summed E-state index contributed by atoms with van der Waals surface area (Å²) in [6.45, 7) is 8.67. The third-order valence-electron chi connectivity index (χ3n) is 6.73. The van der Waals surface area contributed by atoms with Crippen LogP contribution in [0.4, 0.5) is 5.69 Å². The van der Waals surface area contributed by atoms with Crippen molar-refractivity contribution in [2.75, 3.05) is 31.1 Å². The zero-order chi connectivity index (χ0) is 20.0. The molecule has 2 atom stereocenters. The van der Waals surface area contributed by atoms with Crippen LogP contribution in [0.15, 0.2) is 35.1 Å². The molecular formula is C23H29N4OS+. The number of para-hydroxylation sites is 1. The lowest BCUT2D eigenvalue weighted by molar-refractivity contribution is -0.930. The Morgan fingerprint density at radius 1 is 1.24 bits per heavy atom. The van der Waals surface area contributed by atoms with E-state index >= 15 is 0 Å². The van der Waals surface area contributed by atoms with Crippen molar-refractivity contribution in [3.05, 3.63) is 57.0 Å². The fraction of sp³-hybridized carbons (Fsp3) is 0.478. The van der Waals surface area contributed by atoms with Crippen molar-refractivity contribution in [2.24, 2.45) is 5.92 Å². The summed E-state index contributed by atoms with van der Waals surface area (Å²) in [6.07, 6.45) is 3.28. The molecule has 152 valence electrons. The Bertz CT molecular complexity index is 1070. The molecule has 2 N–H and O–H groups in total. The minimum atomic E-state index is 0.0613. The van der Waals surface area contributed by atoms with Crippen LogP contribution in [0, 0.1) is 5.92 Å². The van der Waals surface area contributed by atoms with Gasteiger partial charge in [-0.3, -0.25) is 4.79 Å². The fourth-order valence-corrected chi connectivity index (χ4v) is 6.28. The van der Waals surface area contributed by atoms with Gasteiger partial charge in [-0.25, -0.2) is 4.98 Å². The molecule has 0 spiro atoms. The lowest BCUT2D eigenvalue weighted by Crippen LogP contribution is -3.14. The number of hydrogen-bond acceptors (Lipinski definition) is 4. The van der Waals surface area contributed by atoms with Crippen LogP contribution in [-0.2, 0) is 12.8 Å². The molecule has 0 bridgehead atoms. The standard InChI is InChI=1S/C23H28N4OS/c1-15-8-9-18-19(14-15)29-23-20(18)22(28)24-21(25-23)16(2)26-10-12-27(13-11-26)17-6-4-3-5-7-17/h3-7,15-16H,8-14H2,1-2H3,(H,24,25,28)/p+1/t15-,16+/m1/s1. The van der Waals surface area contributed by atoms with Crippen molar-refractivity contribution in [1.29, 1.82) is 0 Å². The third kappa shape index (κ3) is 3.49. The molecule has 2 aliphatic rings. The van der Waals surface area contributed by atoms with Gasteiger partial charge in [0.1, 0.15) is 10.9 Å². The number of H-pyrrole nitrogens is 1. The molecule has 1 aliphatic heterocycles. The summed E-state index contributed by atoms with van der Waals surface area (Å²) in [5.74, 6) is 1.55. The van der Waals surface area contributed by atoms with Crippen molar-refractivity contribution < 1.29 is 4.90 Å². The quantitative estimate of drug-likeness (QED) is 0.699. The van der Waals surface area contributed by atoms with Crippen molar-refractivity contribution in [1.82, 2.24) is 9.97 Å². The first-order valence-electron chi connectivity index (χ1n) is 10.8. The second kappa shape index (κ2) is 7.58. The first-order chi connectivity index (χ1) is 14.1. The van der Waals surface area contributed by atoms with Crippen molar-refractivity contribution in [3.8, 4) is 0 Å². The van der Waals surface area contributed by atoms with Crippen LogP contribution in [0.1, 0.15) is 42.6 Å². The molecule has 5 nitrogen and oxygen atoms in total. The second-order valence-corrected chi connectivity index (χ2v) is 9.77. The lowest BCUT2D eigenvalue weighted by atomic mass is 9.89. The number of aromatic nitrogens is 2. The minimum absolute atomic E-state index is 0.0613. The number of hydrogen-bond donors (Lipinski definition) is 2. The van der Waals surface area contributed by atoms with Gasteiger partial charge in [0.25, 0.3) is 5.56 Å². The largest absolute Gasteiger partial charge is 0.360 e. The Morgan fingerprint density at radius 2 is 2.00 bits per heavy atom. The summed E-state index contributed by atoms with van der Waals surface area (Å²) in [5, 5.41) is 0.858. The second-order valence-electron chi connectivity index (χ2n) is 8.69. The van der Waals surface area contributed by atoms with E-state index < -0.39 is 0 Å². The van der Waals surface area contributed by atoms with Gasteiger partial charge in [0, 0.05) is 10.6 Å². The summed E-state index contributed by atoms with van der Waals surface area (Å²) < 4.78 is 0. The number of benzene rings is 1. The highest BCUT2D eigenvalue weighted by Gasteiger charge is 2.29. The number of nitrogens with one attached hydrogen (secondary N) is 2. The molecular weight excluding hydrogens is 380 g/mol. The predicted octanol–water partition coefficient (Wildman–Crippen LogP) is 2.58. The molecule has 1 fully saturated rings. The molecule has 2 aromatic heterocycles. The molecule has 1 aliphatic carbocycles. The summed E-state index contributed by atoms with van der Waals surface area (Å²) in [4.78, 5) is 27.3. The molecule has 1 saturated heterocycles. The normalized spacial score (nSPS) is 21.3. The van der Waals surface area contributed by atoms with Gasteiger partial charge >= 0.3 is 0 Å². The Morgan fingerprint density at radius 3 is 2.76 bits per heavy atom. The van der Waals surface area contributed by atoms with E-state index in [-0.39, 0.29) is 11.6 Å². The Hall–Kier alpha value is -2.18. The van der Waals surface area contributed by atoms with E-state index in [0.29, 0.717) is 5.92 Å². The average molecular weight is 410 g/mol. The van der Waals surface area contributed by atoms with Gasteiger partial charge in [-0.2, -0.15) is 0 Å². The third-order valence-corrected chi connectivity index (χ3v) is 7.88.